The van der Waals surface area contributed by atoms with Gasteiger partial charge in [0.2, 0.25) is 0 Å². The van der Waals surface area contributed by atoms with Crippen molar-refractivity contribution in [1.29, 1.82) is 0 Å². The van der Waals surface area contributed by atoms with Crippen molar-refractivity contribution < 1.29 is 27.2 Å². The number of methoxy groups -OCH3 is 3. The molecular formula is C28H27N5O6S. The van der Waals surface area contributed by atoms with Crippen LogP contribution in [0.2, 0.25) is 0 Å². The number of H-pyrrole nitrogens is 1. The van der Waals surface area contributed by atoms with E-state index >= 15 is 0 Å². The number of aromatic nitrogens is 3. The van der Waals surface area contributed by atoms with Gasteiger partial charge in [-0.05, 0) is 42.2 Å². The van der Waals surface area contributed by atoms with Crippen LogP contribution >= 0.6 is 0 Å². The molecule has 0 aliphatic heterocycles. The zero-order chi connectivity index (χ0) is 27.9. The van der Waals surface area contributed by atoms with Crippen LogP contribution < -0.4 is 24.2 Å². The molecule has 0 amide bonds. The van der Waals surface area contributed by atoms with E-state index < -0.39 is 10.0 Å². The highest BCUT2D eigenvalue weighted by Crippen LogP contribution is 2.42. The molecule has 40 heavy (non-hydrogen) atoms. The Balaban J connectivity index is 1.34. The van der Waals surface area contributed by atoms with Crippen molar-refractivity contribution in [3.63, 3.8) is 0 Å². The maximum Gasteiger partial charge on any atom is 0.270 e. The average Bonchev–Trinajstić information content (AvgIpc) is 3.61. The zero-order valence-corrected chi connectivity index (χ0v) is 22.8. The van der Waals surface area contributed by atoms with Gasteiger partial charge < -0.3 is 24.1 Å². The second-order valence-corrected chi connectivity index (χ2v) is 11.0. The van der Waals surface area contributed by atoms with Gasteiger partial charge in [0.05, 0.1) is 32.4 Å². The normalized spacial score (nSPS) is 13.3. The number of hydrogen-bond acceptors (Lipinski definition) is 9. The Bertz CT molecular complexity index is 1770. The molecule has 2 heterocycles. The van der Waals surface area contributed by atoms with E-state index in [1.807, 2.05) is 36.4 Å². The molecule has 0 unspecified atom stereocenters. The zero-order valence-electron chi connectivity index (χ0n) is 22.0. The summed E-state index contributed by atoms with van der Waals surface area (Å²) in [4.78, 5) is -0.163. The lowest BCUT2D eigenvalue weighted by Gasteiger charge is -2.16. The molecule has 1 aliphatic rings. The van der Waals surface area contributed by atoms with E-state index in [1.54, 1.807) is 24.3 Å². The SMILES string of the molecule is COc1cc2c(NS(=O)(=O)c3c(OC)cc(-c4ccccc4)cc3OC)noc2cc1Nc1cc(C2CC2)[nH]n1. The maximum atomic E-state index is 13.7. The lowest BCUT2D eigenvalue weighted by Crippen LogP contribution is -2.16. The molecule has 0 saturated heterocycles. The summed E-state index contributed by atoms with van der Waals surface area (Å²) in [5.41, 5.74) is 3.65. The van der Waals surface area contributed by atoms with E-state index in [1.165, 1.54) is 21.3 Å². The van der Waals surface area contributed by atoms with Crippen molar-refractivity contribution in [2.75, 3.05) is 31.4 Å². The van der Waals surface area contributed by atoms with Crippen molar-refractivity contribution in [1.82, 2.24) is 15.4 Å². The summed E-state index contributed by atoms with van der Waals surface area (Å²) >= 11 is 0. The second-order valence-electron chi connectivity index (χ2n) is 9.37. The number of anilines is 3. The lowest BCUT2D eigenvalue weighted by molar-refractivity contribution is 0.374. The quantitative estimate of drug-likeness (QED) is 0.197. The fraction of sp³-hybridized carbons (Fsp3) is 0.214. The molecule has 0 bridgehead atoms. The van der Waals surface area contributed by atoms with E-state index in [0.29, 0.717) is 34.1 Å². The summed E-state index contributed by atoms with van der Waals surface area (Å²) < 4.78 is 51.9. The molecule has 2 aromatic heterocycles. The number of sulfonamides is 1. The summed E-state index contributed by atoms with van der Waals surface area (Å²) in [5, 5.41) is 15.0. The molecule has 206 valence electrons. The number of benzene rings is 3. The molecule has 0 spiro atoms. The maximum absolute atomic E-state index is 13.7. The Hall–Kier alpha value is -4.71. The minimum atomic E-state index is -4.23. The van der Waals surface area contributed by atoms with Crippen LogP contribution in [0, 0.1) is 0 Å². The third-order valence-electron chi connectivity index (χ3n) is 6.74. The molecule has 3 N–H and O–H groups in total. The summed E-state index contributed by atoms with van der Waals surface area (Å²) in [6.07, 6.45) is 2.31. The highest BCUT2D eigenvalue weighted by Gasteiger charge is 2.29. The minimum absolute atomic E-state index is 0.00752. The third-order valence-corrected chi connectivity index (χ3v) is 8.14. The molecule has 1 fully saturated rings. The molecular weight excluding hydrogens is 534 g/mol. The number of nitrogens with zero attached hydrogens (tertiary/aromatic N) is 2. The van der Waals surface area contributed by atoms with E-state index in [4.69, 9.17) is 18.7 Å². The first-order valence-electron chi connectivity index (χ1n) is 12.5. The number of ether oxygens (including phenoxy) is 3. The fourth-order valence-corrected chi connectivity index (χ4v) is 5.89. The molecule has 0 radical (unpaired) electrons. The molecule has 12 heteroatoms. The summed E-state index contributed by atoms with van der Waals surface area (Å²) in [6.45, 7) is 0. The van der Waals surface area contributed by atoms with E-state index in [-0.39, 0.29) is 22.2 Å². The summed E-state index contributed by atoms with van der Waals surface area (Å²) in [6, 6.07) is 18.1. The topological polar surface area (TPSA) is 141 Å². The van der Waals surface area contributed by atoms with Gasteiger partial charge in [-0.25, -0.2) is 8.42 Å². The highest BCUT2D eigenvalue weighted by atomic mass is 32.2. The third kappa shape index (κ3) is 4.77. The number of rotatable bonds is 10. The minimum Gasteiger partial charge on any atom is -0.495 e. The largest absolute Gasteiger partial charge is 0.495 e. The number of fused-ring (bicyclic) bond motifs is 1. The van der Waals surface area contributed by atoms with Crippen LogP contribution in [0.5, 0.6) is 17.2 Å². The van der Waals surface area contributed by atoms with Crippen LogP contribution in [0.25, 0.3) is 22.1 Å². The predicted molar refractivity (Wildman–Crippen MR) is 150 cm³/mol. The van der Waals surface area contributed by atoms with Gasteiger partial charge in [-0.15, -0.1) is 0 Å². The second kappa shape index (κ2) is 10.1. The Kier molecular flexibility index (Phi) is 6.46. The molecule has 11 nitrogen and oxygen atoms in total. The first-order valence-corrected chi connectivity index (χ1v) is 14.0. The van der Waals surface area contributed by atoms with E-state index in [2.05, 4.69) is 25.4 Å². The van der Waals surface area contributed by atoms with Gasteiger partial charge in [-0.2, -0.15) is 5.10 Å². The van der Waals surface area contributed by atoms with E-state index in [0.717, 1.165) is 29.7 Å². The summed E-state index contributed by atoms with van der Waals surface area (Å²) in [5.74, 6) is 1.85. The van der Waals surface area contributed by atoms with Gasteiger partial charge in [0, 0.05) is 23.7 Å². The lowest BCUT2D eigenvalue weighted by atomic mass is 10.1. The van der Waals surface area contributed by atoms with Crippen molar-refractivity contribution in [2.45, 2.75) is 23.7 Å². The van der Waals surface area contributed by atoms with Gasteiger partial charge >= 0.3 is 0 Å². The van der Waals surface area contributed by atoms with Crippen LogP contribution in [0.15, 0.2) is 70.1 Å². The van der Waals surface area contributed by atoms with Crippen molar-refractivity contribution in [2.24, 2.45) is 0 Å². The Labute approximate surface area is 230 Å². The smallest absolute Gasteiger partial charge is 0.270 e. The van der Waals surface area contributed by atoms with Gasteiger partial charge in [0.25, 0.3) is 10.0 Å². The number of nitrogens with one attached hydrogen (secondary N) is 3. The number of hydrogen-bond donors (Lipinski definition) is 3. The average molecular weight is 562 g/mol. The first-order chi connectivity index (χ1) is 19.4. The molecule has 1 saturated carbocycles. The van der Waals surface area contributed by atoms with E-state index in [9.17, 15) is 8.42 Å². The number of aromatic amines is 1. The Morgan fingerprint density at radius 2 is 1.60 bits per heavy atom. The highest BCUT2D eigenvalue weighted by molar-refractivity contribution is 7.93. The fourth-order valence-electron chi connectivity index (χ4n) is 4.57. The van der Waals surface area contributed by atoms with Crippen LogP contribution in [0.3, 0.4) is 0 Å². The molecule has 1 aliphatic carbocycles. The predicted octanol–water partition coefficient (Wildman–Crippen LogP) is 5.67. The molecule has 0 atom stereocenters. The van der Waals surface area contributed by atoms with Crippen LogP contribution in [-0.4, -0.2) is 45.1 Å². The Morgan fingerprint density at radius 1 is 0.900 bits per heavy atom. The molecule has 5 aromatic rings. The van der Waals surface area contributed by atoms with Crippen molar-refractivity contribution in [3.05, 3.63) is 66.4 Å². The van der Waals surface area contributed by atoms with Gasteiger partial charge in [-0.3, -0.25) is 9.82 Å². The van der Waals surface area contributed by atoms with Gasteiger partial charge in [0.1, 0.15) is 17.2 Å². The van der Waals surface area contributed by atoms with Gasteiger partial charge in [-0.1, -0.05) is 35.5 Å². The summed E-state index contributed by atoms with van der Waals surface area (Å²) in [7, 11) is 0.0981. The van der Waals surface area contributed by atoms with Crippen molar-refractivity contribution in [3.8, 4) is 28.4 Å². The molecule has 3 aromatic carbocycles. The molecule has 6 rings (SSSR count). The standard InChI is InChI=1S/C28H27N5O6S/c1-36-23-13-19-22(14-21(23)29-26-15-20(30-31-26)17-9-10-17)39-32-28(19)33-40(34,35)27-24(37-2)11-18(12-25(27)38-3)16-7-5-4-6-8-16/h4-8,11-15,17H,9-10H2,1-3H3,(H,32,33)(H2,29,30,31). The monoisotopic (exact) mass is 561 g/mol. The van der Waals surface area contributed by atoms with Crippen LogP contribution in [0.4, 0.5) is 17.3 Å². The van der Waals surface area contributed by atoms with Crippen LogP contribution in [-0.2, 0) is 10.0 Å². The van der Waals surface area contributed by atoms with Crippen molar-refractivity contribution >= 4 is 38.3 Å². The Morgan fingerprint density at radius 3 is 2.25 bits per heavy atom. The van der Waals surface area contributed by atoms with Gasteiger partial charge in [0.15, 0.2) is 22.1 Å². The first kappa shape index (κ1) is 25.6. The van der Waals surface area contributed by atoms with Crippen LogP contribution in [0.1, 0.15) is 24.5 Å².